The molecule has 0 aromatic heterocycles. The number of esters is 2. The summed E-state index contributed by atoms with van der Waals surface area (Å²) in [6.45, 7) is 2.82. The van der Waals surface area contributed by atoms with Crippen LogP contribution in [0.15, 0.2) is 0 Å². The summed E-state index contributed by atoms with van der Waals surface area (Å²) in [5.41, 5.74) is -0.754. The van der Waals surface area contributed by atoms with Gasteiger partial charge in [-0.3, -0.25) is 9.59 Å². The summed E-state index contributed by atoms with van der Waals surface area (Å²) in [4.78, 5) is 23.8. The summed E-state index contributed by atoms with van der Waals surface area (Å²) in [6, 6.07) is 0. The van der Waals surface area contributed by atoms with Crippen molar-refractivity contribution in [2.75, 3.05) is 20.3 Å². The van der Waals surface area contributed by atoms with E-state index in [9.17, 15) is 9.59 Å². The Balaban J connectivity index is 1.86. The van der Waals surface area contributed by atoms with E-state index < -0.39 is 23.2 Å². The molecule has 0 aromatic rings. The van der Waals surface area contributed by atoms with Crippen LogP contribution in [0.2, 0.25) is 0 Å². The summed E-state index contributed by atoms with van der Waals surface area (Å²) >= 11 is 0. The van der Waals surface area contributed by atoms with Crippen molar-refractivity contribution in [3.8, 4) is 0 Å². The predicted octanol–water partition coefficient (Wildman–Crippen LogP) is 0.634. The second kappa shape index (κ2) is 4.18. The maximum Gasteiger partial charge on any atom is 0.310 e. The number of methoxy groups -OCH3 is 1. The van der Waals surface area contributed by atoms with Crippen molar-refractivity contribution in [1.29, 1.82) is 0 Å². The van der Waals surface area contributed by atoms with E-state index in [4.69, 9.17) is 18.9 Å². The first-order valence-corrected chi connectivity index (χ1v) is 6.60. The van der Waals surface area contributed by atoms with E-state index >= 15 is 0 Å². The Hall–Kier alpha value is -1.14. The van der Waals surface area contributed by atoms with Crippen LogP contribution in [0.25, 0.3) is 0 Å². The van der Waals surface area contributed by atoms with Crippen LogP contribution in [0.1, 0.15) is 26.2 Å². The standard InChI is InChI=1S/C13H18O6/c1-12(17-5-6-18-12)13-4-3-8(10(14)16-2)9(7-13)11(15)19-13/h8-9H,3-7H2,1-2H3. The fourth-order valence-electron chi connectivity index (χ4n) is 3.51. The average molecular weight is 270 g/mol. The second-order valence-electron chi connectivity index (χ2n) is 5.54. The molecular weight excluding hydrogens is 252 g/mol. The van der Waals surface area contributed by atoms with Gasteiger partial charge in [0.05, 0.1) is 32.2 Å². The third-order valence-corrected chi connectivity index (χ3v) is 4.66. The van der Waals surface area contributed by atoms with Crippen LogP contribution in [-0.4, -0.2) is 43.7 Å². The summed E-state index contributed by atoms with van der Waals surface area (Å²) < 4.78 is 21.7. The molecule has 2 saturated heterocycles. The van der Waals surface area contributed by atoms with Crippen molar-refractivity contribution in [3.05, 3.63) is 0 Å². The van der Waals surface area contributed by atoms with Crippen molar-refractivity contribution in [2.45, 2.75) is 37.6 Å². The Labute approximate surface area is 111 Å². The van der Waals surface area contributed by atoms with Crippen molar-refractivity contribution >= 4 is 11.9 Å². The molecule has 106 valence electrons. The Kier molecular flexibility index (Phi) is 2.83. The number of carbonyl (C=O) groups excluding carboxylic acids is 2. The van der Waals surface area contributed by atoms with Gasteiger partial charge in [0, 0.05) is 6.42 Å². The van der Waals surface area contributed by atoms with Gasteiger partial charge in [0.1, 0.15) is 0 Å². The molecule has 1 saturated carbocycles. The third kappa shape index (κ3) is 1.70. The molecule has 3 unspecified atom stereocenters. The van der Waals surface area contributed by atoms with Crippen molar-refractivity contribution in [1.82, 2.24) is 0 Å². The maximum atomic E-state index is 12.0. The van der Waals surface area contributed by atoms with Crippen molar-refractivity contribution in [2.24, 2.45) is 11.8 Å². The number of fused-ring (bicyclic) bond motifs is 2. The van der Waals surface area contributed by atoms with Crippen molar-refractivity contribution in [3.63, 3.8) is 0 Å². The van der Waals surface area contributed by atoms with Gasteiger partial charge in [-0.1, -0.05) is 0 Å². The summed E-state index contributed by atoms with van der Waals surface area (Å²) in [7, 11) is 1.34. The van der Waals surface area contributed by atoms with Gasteiger partial charge in [-0.05, 0) is 19.8 Å². The van der Waals surface area contributed by atoms with Gasteiger partial charge in [0.2, 0.25) is 5.79 Å². The number of hydrogen-bond acceptors (Lipinski definition) is 6. The molecule has 0 N–H and O–H groups in total. The molecule has 0 radical (unpaired) electrons. The molecule has 2 heterocycles. The average Bonchev–Trinajstić information content (AvgIpc) is 2.95. The van der Waals surface area contributed by atoms with E-state index in [0.29, 0.717) is 32.5 Å². The highest BCUT2D eigenvalue weighted by Gasteiger charge is 2.65. The van der Waals surface area contributed by atoms with E-state index in [1.807, 2.05) is 6.92 Å². The first kappa shape index (κ1) is 12.9. The number of rotatable bonds is 2. The van der Waals surface area contributed by atoms with Gasteiger partial charge >= 0.3 is 11.9 Å². The molecule has 2 aliphatic heterocycles. The molecule has 3 rings (SSSR count). The van der Waals surface area contributed by atoms with Gasteiger partial charge in [-0.2, -0.15) is 0 Å². The normalized spacial score (nSPS) is 40.0. The van der Waals surface area contributed by atoms with Crippen LogP contribution in [0.4, 0.5) is 0 Å². The Morgan fingerprint density at radius 1 is 1.37 bits per heavy atom. The summed E-state index contributed by atoms with van der Waals surface area (Å²) in [5.74, 6) is -2.41. The lowest BCUT2D eigenvalue weighted by molar-refractivity contribution is -0.261. The van der Waals surface area contributed by atoms with E-state index in [2.05, 4.69) is 0 Å². The summed E-state index contributed by atoms with van der Waals surface area (Å²) in [6.07, 6.45) is 1.58. The van der Waals surface area contributed by atoms with Gasteiger partial charge in [-0.15, -0.1) is 0 Å². The minimum absolute atomic E-state index is 0.337. The van der Waals surface area contributed by atoms with Crippen LogP contribution in [0.5, 0.6) is 0 Å². The lowest BCUT2D eigenvalue weighted by Gasteiger charge is -2.42. The quantitative estimate of drug-likeness (QED) is 0.686. The molecule has 2 bridgehead atoms. The van der Waals surface area contributed by atoms with Crippen LogP contribution in [0.3, 0.4) is 0 Å². The van der Waals surface area contributed by atoms with Crippen LogP contribution >= 0.6 is 0 Å². The highest BCUT2D eigenvalue weighted by molar-refractivity contribution is 5.84. The molecule has 6 nitrogen and oxygen atoms in total. The van der Waals surface area contributed by atoms with Gasteiger partial charge in [-0.25, -0.2) is 0 Å². The Morgan fingerprint density at radius 3 is 2.68 bits per heavy atom. The molecule has 1 aliphatic carbocycles. The fourth-order valence-corrected chi connectivity index (χ4v) is 3.51. The highest BCUT2D eigenvalue weighted by Crippen LogP contribution is 2.53. The third-order valence-electron chi connectivity index (χ3n) is 4.66. The molecule has 0 amide bonds. The Bertz CT molecular complexity index is 413. The maximum absolute atomic E-state index is 12.0. The van der Waals surface area contributed by atoms with E-state index in [1.165, 1.54) is 7.11 Å². The SMILES string of the molecule is COC(=O)C1CCC2(C3(C)OCCO3)CC1C(=O)O2. The highest BCUT2D eigenvalue weighted by atomic mass is 16.8. The molecule has 0 aromatic carbocycles. The molecule has 3 atom stereocenters. The predicted molar refractivity (Wildman–Crippen MR) is 62.0 cm³/mol. The zero-order valence-corrected chi connectivity index (χ0v) is 11.1. The lowest BCUT2D eigenvalue weighted by Crippen LogP contribution is -2.54. The number of hydrogen-bond donors (Lipinski definition) is 0. The monoisotopic (exact) mass is 270 g/mol. The van der Waals surface area contributed by atoms with Gasteiger partial charge in [0.15, 0.2) is 5.60 Å². The van der Waals surface area contributed by atoms with E-state index in [1.54, 1.807) is 0 Å². The largest absolute Gasteiger partial charge is 0.469 e. The minimum Gasteiger partial charge on any atom is -0.469 e. The number of ether oxygens (including phenoxy) is 4. The summed E-state index contributed by atoms with van der Waals surface area (Å²) in [5, 5.41) is 0. The van der Waals surface area contributed by atoms with Gasteiger partial charge < -0.3 is 18.9 Å². The zero-order chi connectivity index (χ0) is 13.7. The zero-order valence-electron chi connectivity index (χ0n) is 11.1. The lowest BCUT2D eigenvalue weighted by atomic mass is 9.71. The van der Waals surface area contributed by atoms with Crippen LogP contribution in [0, 0.1) is 11.8 Å². The molecule has 3 fully saturated rings. The topological polar surface area (TPSA) is 71.1 Å². The molecule has 3 aliphatic rings. The first-order chi connectivity index (χ1) is 9.01. The number of carbonyl (C=O) groups is 2. The smallest absolute Gasteiger partial charge is 0.310 e. The van der Waals surface area contributed by atoms with Gasteiger partial charge in [0.25, 0.3) is 0 Å². The second-order valence-corrected chi connectivity index (χ2v) is 5.54. The molecule has 0 spiro atoms. The Morgan fingerprint density at radius 2 is 2.05 bits per heavy atom. The molecular formula is C13H18O6. The molecule has 6 heteroatoms. The van der Waals surface area contributed by atoms with E-state index in [0.717, 1.165) is 0 Å². The minimum atomic E-state index is -0.890. The van der Waals surface area contributed by atoms with E-state index in [-0.39, 0.29) is 11.9 Å². The fraction of sp³-hybridized carbons (Fsp3) is 0.846. The molecule has 19 heavy (non-hydrogen) atoms. The van der Waals surface area contributed by atoms with Crippen molar-refractivity contribution < 1.29 is 28.5 Å². The first-order valence-electron chi connectivity index (χ1n) is 6.60. The van der Waals surface area contributed by atoms with Crippen LogP contribution in [-0.2, 0) is 28.5 Å². The van der Waals surface area contributed by atoms with Crippen LogP contribution < -0.4 is 0 Å².